The van der Waals surface area contributed by atoms with Crippen LogP contribution in [0.3, 0.4) is 0 Å². The van der Waals surface area contributed by atoms with Crippen molar-refractivity contribution in [3.8, 4) is 11.5 Å². The van der Waals surface area contributed by atoms with E-state index in [0.29, 0.717) is 43.8 Å². The quantitative estimate of drug-likeness (QED) is 0.469. The predicted molar refractivity (Wildman–Crippen MR) is 111 cm³/mol. The van der Waals surface area contributed by atoms with Gasteiger partial charge in [-0.2, -0.15) is 0 Å². The molecule has 0 aliphatic carbocycles. The first kappa shape index (κ1) is 20.5. The van der Waals surface area contributed by atoms with E-state index >= 15 is 0 Å². The topological polar surface area (TPSA) is 71.1 Å². The number of fused-ring (bicyclic) bond motifs is 6. The Labute approximate surface area is 182 Å². The molecule has 0 saturated heterocycles. The summed E-state index contributed by atoms with van der Waals surface area (Å²) < 4.78 is 22.7. The zero-order valence-electron chi connectivity index (χ0n) is 16.0. The Morgan fingerprint density at radius 2 is 1.40 bits per heavy atom. The third-order valence-corrected chi connectivity index (χ3v) is 4.96. The molecule has 154 valence electrons. The monoisotopic (exact) mass is 446 g/mol. The molecule has 2 aromatic carbocycles. The molecule has 2 heterocycles. The second-order valence-corrected chi connectivity index (χ2v) is 7.54. The summed E-state index contributed by atoms with van der Waals surface area (Å²) in [5.74, 6) is 0.375. The van der Waals surface area contributed by atoms with E-state index in [-0.39, 0.29) is 5.78 Å². The summed E-state index contributed by atoms with van der Waals surface area (Å²) in [6.07, 6.45) is 4.31. The fraction of sp³-hybridized carbons (Fsp3) is 0.182. The van der Waals surface area contributed by atoms with Crippen LogP contribution in [0.5, 0.6) is 11.5 Å². The number of benzene rings is 2. The third kappa shape index (κ3) is 3.94. The summed E-state index contributed by atoms with van der Waals surface area (Å²) >= 11 is 12.5. The van der Waals surface area contributed by atoms with Gasteiger partial charge < -0.3 is 14.2 Å². The largest absolute Gasteiger partial charge is 0.466 e. The van der Waals surface area contributed by atoms with Gasteiger partial charge in [0.25, 0.3) is 0 Å². The van der Waals surface area contributed by atoms with Gasteiger partial charge in [0, 0.05) is 27.2 Å². The Bertz CT molecular complexity index is 1110. The third-order valence-electron chi connectivity index (χ3n) is 4.52. The van der Waals surface area contributed by atoms with Crippen LogP contribution in [0, 0.1) is 0 Å². The molecule has 0 amide bonds. The fourth-order valence-corrected chi connectivity index (χ4v) is 3.70. The van der Waals surface area contributed by atoms with Crippen molar-refractivity contribution >= 4 is 47.1 Å². The number of ether oxygens (including phenoxy) is 4. The molecule has 0 saturated carbocycles. The molecular weight excluding hydrogens is 431 g/mol. The van der Waals surface area contributed by atoms with Gasteiger partial charge in [0.15, 0.2) is 5.78 Å². The maximum atomic E-state index is 11.5. The minimum Gasteiger partial charge on any atom is -0.466 e. The van der Waals surface area contributed by atoms with Crippen LogP contribution in [0.4, 0.5) is 0 Å². The summed E-state index contributed by atoms with van der Waals surface area (Å²) in [6, 6.07) is 6.73. The molecule has 4 rings (SSSR count). The predicted octanol–water partition coefficient (Wildman–Crippen LogP) is 5.28. The van der Waals surface area contributed by atoms with E-state index in [1.54, 1.807) is 36.4 Å². The first-order chi connectivity index (χ1) is 14.4. The first-order valence-electron chi connectivity index (χ1n) is 8.96. The molecule has 2 unspecified atom stereocenters. The summed E-state index contributed by atoms with van der Waals surface area (Å²) in [4.78, 5) is 22.9. The van der Waals surface area contributed by atoms with Crippen LogP contribution >= 0.6 is 23.2 Å². The van der Waals surface area contributed by atoms with Gasteiger partial charge in [-0.1, -0.05) is 23.2 Å². The normalized spacial score (nSPS) is 19.1. The van der Waals surface area contributed by atoms with E-state index < -0.39 is 18.5 Å². The van der Waals surface area contributed by atoms with Crippen molar-refractivity contribution in [2.75, 3.05) is 7.11 Å². The van der Waals surface area contributed by atoms with Crippen molar-refractivity contribution in [3.63, 3.8) is 0 Å². The Morgan fingerprint density at radius 3 is 1.87 bits per heavy atom. The zero-order valence-corrected chi connectivity index (χ0v) is 17.5. The summed E-state index contributed by atoms with van der Waals surface area (Å²) in [5.41, 5.74) is 2.37. The molecule has 0 fully saturated rings. The Balaban J connectivity index is 1.79. The maximum absolute atomic E-state index is 11.5. The zero-order chi connectivity index (χ0) is 21.4. The average molecular weight is 447 g/mol. The lowest BCUT2D eigenvalue weighted by Crippen LogP contribution is -2.31. The molecule has 0 aromatic heterocycles. The average Bonchev–Trinajstić information content (AvgIpc) is 2.71. The van der Waals surface area contributed by atoms with E-state index in [0.717, 1.165) is 0 Å². The first-order valence-corrected chi connectivity index (χ1v) is 9.71. The number of allylic oxidation sites excluding steroid dienone is 1. The molecule has 2 aliphatic rings. The van der Waals surface area contributed by atoms with E-state index in [1.807, 2.05) is 0 Å². The standard InChI is InChI=1S/C22H16Cl2O6/c1-11(25)3-4-12-7-14(23)9-16-19(12)28-22-17-10-15(24)8-13(5-6-18(26)27-2)20(17)29-21(16)30-22/h3-10,21-22H,1-2H3. The molecule has 2 aliphatic heterocycles. The highest BCUT2D eigenvalue weighted by molar-refractivity contribution is 6.31. The van der Waals surface area contributed by atoms with E-state index in [4.69, 9.17) is 37.4 Å². The van der Waals surface area contributed by atoms with Crippen molar-refractivity contribution in [1.29, 1.82) is 0 Å². The van der Waals surface area contributed by atoms with Gasteiger partial charge >= 0.3 is 5.97 Å². The lowest BCUT2D eigenvalue weighted by Gasteiger charge is -2.39. The molecule has 0 radical (unpaired) electrons. The van der Waals surface area contributed by atoms with Crippen LogP contribution in [-0.2, 0) is 19.1 Å². The van der Waals surface area contributed by atoms with Crippen LogP contribution in [-0.4, -0.2) is 18.9 Å². The highest BCUT2D eigenvalue weighted by Crippen LogP contribution is 2.51. The SMILES string of the molecule is COC(=O)C=Cc1cc(Cl)cc2c1OC1OC2Oc2c(C=CC(C)=O)cc(Cl)cc21. The molecular formula is C22H16Cl2O6. The molecule has 6 nitrogen and oxygen atoms in total. The van der Waals surface area contributed by atoms with Crippen LogP contribution in [0.1, 0.15) is 41.8 Å². The summed E-state index contributed by atoms with van der Waals surface area (Å²) in [7, 11) is 1.29. The number of esters is 1. The van der Waals surface area contributed by atoms with Crippen LogP contribution in [0.2, 0.25) is 10.0 Å². The fourth-order valence-electron chi connectivity index (χ4n) is 3.23. The minimum atomic E-state index is -0.791. The minimum absolute atomic E-state index is 0.105. The lowest BCUT2D eigenvalue weighted by molar-refractivity contribution is -0.227. The van der Waals surface area contributed by atoms with Crippen molar-refractivity contribution < 1.29 is 28.5 Å². The number of halogens is 2. The van der Waals surface area contributed by atoms with Crippen LogP contribution < -0.4 is 9.47 Å². The molecule has 2 atom stereocenters. The Hall–Kier alpha value is -2.80. The highest BCUT2D eigenvalue weighted by Gasteiger charge is 2.40. The van der Waals surface area contributed by atoms with E-state index in [2.05, 4.69) is 4.74 Å². The second kappa shape index (κ2) is 8.14. The van der Waals surface area contributed by atoms with Gasteiger partial charge in [0.2, 0.25) is 12.6 Å². The molecule has 0 spiro atoms. The number of hydrogen-bond acceptors (Lipinski definition) is 6. The summed E-state index contributed by atoms with van der Waals surface area (Å²) in [5, 5.41) is 0.866. The highest BCUT2D eigenvalue weighted by atomic mass is 35.5. The molecule has 2 bridgehead atoms. The van der Waals surface area contributed by atoms with Gasteiger partial charge in [0.05, 0.1) is 18.2 Å². The van der Waals surface area contributed by atoms with Crippen molar-refractivity contribution in [1.82, 2.24) is 0 Å². The number of hydrogen-bond donors (Lipinski definition) is 0. The molecule has 2 aromatic rings. The second-order valence-electron chi connectivity index (χ2n) is 6.66. The smallest absolute Gasteiger partial charge is 0.330 e. The number of ketones is 1. The van der Waals surface area contributed by atoms with Gasteiger partial charge in [-0.05, 0) is 49.4 Å². The maximum Gasteiger partial charge on any atom is 0.330 e. The van der Waals surface area contributed by atoms with E-state index in [9.17, 15) is 9.59 Å². The lowest BCUT2D eigenvalue weighted by atomic mass is 10.0. The van der Waals surface area contributed by atoms with Gasteiger partial charge in [-0.3, -0.25) is 9.53 Å². The van der Waals surface area contributed by atoms with Crippen molar-refractivity contribution in [2.45, 2.75) is 19.5 Å². The Kier molecular flexibility index (Phi) is 5.56. The summed E-state index contributed by atoms with van der Waals surface area (Å²) in [6.45, 7) is 1.46. The molecule has 30 heavy (non-hydrogen) atoms. The van der Waals surface area contributed by atoms with Gasteiger partial charge in [-0.15, -0.1) is 0 Å². The number of methoxy groups -OCH3 is 1. The number of carbonyl (C=O) groups is 2. The molecule has 0 N–H and O–H groups in total. The van der Waals surface area contributed by atoms with Crippen LogP contribution in [0.15, 0.2) is 36.4 Å². The van der Waals surface area contributed by atoms with E-state index in [1.165, 1.54) is 26.2 Å². The van der Waals surface area contributed by atoms with Gasteiger partial charge in [-0.25, -0.2) is 4.79 Å². The Morgan fingerprint density at radius 1 is 0.900 bits per heavy atom. The number of carbonyl (C=O) groups excluding carboxylic acids is 2. The molecule has 8 heteroatoms. The van der Waals surface area contributed by atoms with Crippen molar-refractivity contribution in [3.05, 3.63) is 68.7 Å². The van der Waals surface area contributed by atoms with Crippen molar-refractivity contribution in [2.24, 2.45) is 0 Å². The van der Waals surface area contributed by atoms with Crippen LogP contribution in [0.25, 0.3) is 12.2 Å². The number of rotatable bonds is 4. The van der Waals surface area contributed by atoms with Gasteiger partial charge in [0.1, 0.15) is 11.5 Å².